The van der Waals surface area contributed by atoms with Gasteiger partial charge in [-0.05, 0) is 0 Å². The maximum absolute atomic E-state index is 4.15. The fourth-order valence-electron chi connectivity index (χ4n) is 3.29. The standard InChI is InChI=1S/C9H13.C4H10N.C4H11Si.2ClH.Ti/c1-6-5-7(2)9(4)8(6)3;1-4(2,3)5;1-3-5-4-2;;;/h6H,1-4H3;5H,1-3H3;5H,3-4H2,1-2H3;2*1H;/q;-1;;;;+3/p-2. The summed E-state index contributed by atoms with van der Waals surface area (Å²) in [5, 5.41) is 0. The second-order valence-electron chi connectivity index (χ2n) is 7.37. The minimum Gasteiger partial charge on any atom is -1.00 e. The molecular weight excluding hydrogens is 365 g/mol. The van der Waals surface area contributed by atoms with Crippen LogP contribution in [0.25, 0.3) is 0 Å². The predicted molar refractivity (Wildman–Crippen MR) is 91.2 cm³/mol. The Labute approximate surface area is 158 Å². The first-order valence-electron chi connectivity index (χ1n) is 8.17. The van der Waals surface area contributed by atoms with Crippen molar-refractivity contribution in [3.05, 3.63) is 20.6 Å². The van der Waals surface area contributed by atoms with Crippen LogP contribution in [0.2, 0.25) is 12.1 Å². The quantitative estimate of drug-likeness (QED) is 0.582. The molecule has 1 rings (SSSR count). The van der Waals surface area contributed by atoms with Crippen LogP contribution in [0, 0.1) is 5.92 Å². The number of nitrogens with one attached hydrogen (secondary N) is 1. The Morgan fingerprint density at radius 3 is 1.73 bits per heavy atom. The molecule has 0 fully saturated rings. The zero-order chi connectivity index (χ0) is 15.7. The maximum Gasteiger partial charge on any atom is -1.00 e. The Hall–Kier alpha value is 0.951. The van der Waals surface area contributed by atoms with Crippen molar-refractivity contribution >= 4 is 6.66 Å². The first-order chi connectivity index (χ1) is 9.14. The fraction of sp³-hybridized carbons (Fsp3) is 0.765. The van der Waals surface area contributed by atoms with Crippen LogP contribution < -0.4 is 28.6 Å². The molecule has 0 radical (unpaired) electrons. The Bertz CT molecular complexity index is 423. The van der Waals surface area contributed by atoms with E-state index < -0.39 is 24.0 Å². The molecule has 0 aromatic rings. The molecule has 22 heavy (non-hydrogen) atoms. The van der Waals surface area contributed by atoms with Crippen molar-refractivity contribution in [3.8, 4) is 0 Å². The summed E-state index contributed by atoms with van der Waals surface area (Å²) in [5.41, 5.74) is 5.11. The zero-order valence-corrected chi connectivity index (χ0v) is 20.1. The van der Waals surface area contributed by atoms with E-state index in [-0.39, 0.29) is 30.4 Å². The summed E-state index contributed by atoms with van der Waals surface area (Å²) in [7, 11) is 0. The average molecular weight is 399 g/mol. The molecule has 0 saturated carbocycles. The van der Waals surface area contributed by atoms with Crippen molar-refractivity contribution in [3.63, 3.8) is 0 Å². The van der Waals surface area contributed by atoms with E-state index in [1.54, 1.807) is 16.7 Å². The molecule has 0 aliphatic heterocycles. The predicted octanol–water partition coefficient (Wildman–Crippen LogP) is -1.06. The maximum atomic E-state index is 4.15. The van der Waals surface area contributed by atoms with Crippen LogP contribution in [-0.2, 0) is 17.4 Å². The molecule has 1 nitrogen and oxygen atoms in total. The minimum atomic E-state index is -1.32. The van der Waals surface area contributed by atoms with E-state index in [1.807, 2.05) is 3.88 Å². The molecular formula is C17H34Cl2NSiTi. The molecule has 0 saturated heterocycles. The molecule has 0 spiro atoms. The van der Waals surface area contributed by atoms with Gasteiger partial charge in [0, 0.05) is 0 Å². The van der Waals surface area contributed by atoms with Crippen molar-refractivity contribution in [2.24, 2.45) is 5.92 Å². The minimum absolute atomic E-state index is 0. The Balaban J connectivity index is 0. The van der Waals surface area contributed by atoms with Gasteiger partial charge in [-0.3, -0.25) is 0 Å². The second-order valence-corrected chi connectivity index (χ2v) is 19.1. The molecule has 0 aromatic carbocycles. The van der Waals surface area contributed by atoms with Crippen LogP contribution in [0.15, 0.2) is 20.6 Å². The van der Waals surface area contributed by atoms with Gasteiger partial charge >= 0.3 is 134 Å². The van der Waals surface area contributed by atoms with Crippen molar-refractivity contribution < 1.29 is 42.2 Å². The summed E-state index contributed by atoms with van der Waals surface area (Å²) >= 11 is -1.32. The van der Waals surface area contributed by atoms with Gasteiger partial charge < -0.3 is 24.8 Å². The molecule has 1 N–H and O–H groups in total. The van der Waals surface area contributed by atoms with Crippen LogP contribution in [0.1, 0.15) is 62.3 Å². The van der Waals surface area contributed by atoms with Gasteiger partial charge in [-0.15, -0.1) is 0 Å². The molecule has 5 heteroatoms. The molecule has 129 valence electrons. The summed E-state index contributed by atoms with van der Waals surface area (Å²) in [5.74, 6) is 0.702. The van der Waals surface area contributed by atoms with Crippen molar-refractivity contribution in [1.29, 1.82) is 0 Å². The number of halogens is 2. The van der Waals surface area contributed by atoms with E-state index in [0.29, 0.717) is 5.92 Å². The summed E-state index contributed by atoms with van der Waals surface area (Å²) in [6.45, 7) is 20.8. The van der Waals surface area contributed by atoms with Crippen LogP contribution in [-0.4, -0.2) is 12.2 Å². The first kappa shape index (κ1) is 25.2. The molecule has 0 bridgehead atoms. The topological polar surface area (TPSA) is 12.0 Å². The summed E-state index contributed by atoms with van der Waals surface area (Å²) in [6.07, 6.45) is 0. The third-order valence-corrected chi connectivity index (χ3v) is 20.9. The van der Waals surface area contributed by atoms with Crippen LogP contribution in [0.4, 0.5) is 0 Å². The summed E-state index contributed by atoms with van der Waals surface area (Å²) in [4.78, 5) is 0. The summed E-state index contributed by atoms with van der Waals surface area (Å²) in [6, 6.07) is 2.91. The molecule has 1 unspecified atom stereocenters. The van der Waals surface area contributed by atoms with Gasteiger partial charge in [0.15, 0.2) is 0 Å². The van der Waals surface area contributed by atoms with Gasteiger partial charge in [0.1, 0.15) is 0 Å². The van der Waals surface area contributed by atoms with Crippen LogP contribution in [0.5, 0.6) is 0 Å². The summed E-state index contributed by atoms with van der Waals surface area (Å²) < 4.78 is 6.02. The monoisotopic (exact) mass is 398 g/mol. The number of rotatable bonds is 5. The Kier molecular flexibility index (Phi) is 11.5. The van der Waals surface area contributed by atoms with E-state index in [0.717, 1.165) is 0 Å². The van der Waals surface area contributed by atoms with Gasteiger partial charge in [0.25, 0.3) is 0 Å². The molecule has 1 atom stereocenters. The van der Waals surface area contributed by atoms with E-state index in [4.69, 9.17) is 0 Å². The molecule has 0 amide bonds. The van der Waals surface area contributed by atoms with Crippen molar-refractivity contribution in [2.45, 2.75) is 79.9 Å². The number of hydrogen-bond acceptors (Lipinski definition) is 1. The van der Waals surface area contributed by atoms with Crippen molar-refractivity contribution in [2.75, 3.05) is 0 Å². The van der Waals surface area contributed by atoms with E-state index in [9.17, 15) is 0 Å². The average Bonchev–Trinajstić information content (AvgIpc) is 2.53. The van der Waals surface area contributed by atoms with E-state index in [2.05, 4.69) is 66.1 Å². The molecule has 1 aliphatic rings. The van der Waals surface area contributed by atoms with Crippen molar-refractivity contribution in [1.82, 2.24) is 3.80 Å². The smallest absolute Gasteiger partial charge is 1.00 e. The van der Waals surface area contributed by atoms with Gasteiger partial charge in [0.05, 0.1) is 0 Å². The van der Waals surface area contributed by atoms with Crippen LogP contribution in [0.3, 0.4) is 0 Å². The second kappa shape index (κ2) is 10.1. The Morgan fingerprint density at radius 1 is 1.00 bits per heavy atom. The van der Waals surface area contributed by atoms with E-state index >= 15 is 0 Å². The zero-order valence-electron chi connectivity index (χ0n) is 15.8. The molecule has 0 heterocycles. The molecule has 1 aliphatic carbocycles. The van der Waals surface area contributed by atoms with E-state index in [1.165, 1.54) is 12.1 Å². The molecule has 0 aromatic heterocycles. The SMILES string of the molecule is CC[SiH](CC)[Ti+2]([NH]C(C)(C)C)[C]1=C(C)C(C)=C(C)C1C.[Cl-].[Cl-]. The third-order valence-electron chi connectivity index (χ3n) is 4.83. The van der Waals surface area contributed by atoms with Gasteiger partial charge in [-0.25, -0.2) is 0 Å². The van der Waals surface area contributed by atoms with Gasteiger partial charge in [-0.1, -0.05) is 0 Å². The van der Waals surface area contributed by atoms with Gasteiger partial charge in [0.2, 0.25) is 0 Å². The van der Waals surface area contributed by atoms with Gasteiger partial charge in [-0.2, -0.15) is 0 Å². The Morgan fingerprint density at radius 2 is 1.45 bits per heavy atom. The normalized spacial score (nSPS) is 18.5. The number of allylic oxidation sites excluding steroid dienone is 4. The first-order valence-corrected chi connectivity index (χ1v) is 14.7. The van der Waals surface area contributed by atoms with Crippen LogP contribution >= 0.6 is 0 Å². The fourth-order valence-corrected chi connectivity index (χ4v) is 19.3. The number of hydrogen-bond donors (Lipinski definition) is 1. The third kappa shape index (κ3) is 5.79. The largest absolute Gasteiger partial charge is 1.00 e.